The molecule has 1 unspecified atom stereocenters. The van der Waals surface area contributed by atoms with Gasteiger partial charge in [-0.3, -0.25) is 0 Å². The molecule has 4 nitrogen and oxygen atoms in total. The van der Waals surface area contributed by atoms with Gasteiger partial charge in [0.1, 0.15) is 5.82 Å². The molecule has 0 aliphatic heterocycles. The molecule has 0 bridgehead atoms. The van der Waals surface area contributed by atoms with Crippen LogP contribution in [0.4, 0.5) is 4.39 Å². The smallest absolute Gasteiger partial charge is 0.240 e. The number of aryl methyl sites for hydroxylation is 1. The Hall–Kier alpha value is -0.980. The van der Waals surface area contributed by atoms with E-state index < -0.39 is 15.8 Å². The molecule has 0 fully saturated rings. The third-order valence-corrected chi connectivity index (χ3v) is 4.38. The molecule has 0 aliphatic rings. The first-order valence-electron chi connectivity index (χ1n) is 5.75. The van der Waals surface area contributed by atoms with Crippen LogP contribution >= 0.6 is 0 Å². The minimum atomic E-state index is -3.63. The Bertz CT molecular complexity index is 515. The van der Waals surface area contributed by atoms with Gasteiger partial charge in [-0.1, -0.05) is 13.8 Å². The quantitative estimate of drug-likeness (QED) is 0.852. The Kier molecular flexibility index (Phi) is 4.84. The zero-order valence-corrected chi connectivity index (χ0v) is 11.6. The molecule has 6 heteroatoms. The molecule has 1 atom stereocenters. The number of halogens is 1. The number of hydrogen-bond donors (Lipinski definition) is 2. The van der Waals surface area contributed by atoms with Gasteiger partial charge in [-0.25, -0.2) is 17.5 Å². The summed E-state index contributed by atoms with van der Waals surface area (Å²) >= 11 is 0. The molecule has 0 aromatic heterocycles. The molecule has 1 aromatic rings. The van der Waals surface area contributed by atoms with E-state index in [-0.39, 0.29) is 23.4 Å². The van der Waals surface area contributed by atoms with Crippen molar-refractivity contribution in [1.82, 2.24) is 4.72 Å². The first-order chi connectivity index (χ1) is 8.24. The third kappa shape index (κ3) is 3.76. The molecule has 102 valence electrons. The van der Waals surface area contributed by atoms with Gasteiger partial charge in [-0.2, -0.15) is 0 Å². The molecule has 3 N–H and O–H groups in total. The second kappa shape index (κ2) is 5.77. The summed E-state index contributed by atoms with van der Waals surface area (Å²) in [5, 5.41) is 0. The fourth-order valence-corrected chi connectivity index (χ4v) is 2.73. The Morgan fingerprint density at radius 2 is 2.00 bits per heavy atom. The lowest BCUT2D eigenvalue weighted by atomic mass is 10.1. The van der Waals surface area contributed by atoms with E-state index in [0.717, 1.165) is 6.07 Å². The van der Waals surface area contributed by atoms with Gasteiger partial charge < -0.3 is 5.73 Å². The van der Waals surface area contributed by atoms with Crippen LogP contribution in [0.1, 0.15) is 19.4 Å². The van der Waals surface area contributed by atoms with E-state index in [0.29, 0.717) is 5.56 Å². The van der Waals surface area contributed by atoms with Gasteiger partial charge in [0.2, 0.25) is 10.0 Å². The summed E-state index contributed by atoms with van der Waals surface area (Å²) in [5.74, 6) is -0.271. The van der Waals surface area contributed by atoms with Crippen LogP contribution in [0, 0.1) is 18.7 Å². The lowest BCUT2D eigenvalue weighted by Crippen LogP contribution is -2.40. The maximum Gasteiger partial charge on any atom is 0.240 e. The van der Waals surface area contributed by atoms with Crippen molar-refractivity contribution in [2.75, 3.05) is 6.54 Å². The Labute approximate surface area is 107 Å². The second-order valence-electron chi connectivity index (χ2n) is 4.67. The Balaban J connectivity index is 2.87. The second-order valence-corrected chi connectivity index (χ2v) is 6.40. The van der Waals surface area contributed by atoms with Crippen molar-refractivity contribution < 1.29 is 12.8 Å². The summed E-state index contributed by atoms with van der Waals surface area (Å²) in [6.45, 7) is 5.56. The first-order valence-corrected chi connectivity index (χ1v) is 7.23. The van der Waals surface area contributed by atoms with Crippen LogP contribution in [0.2, 0.25) is 0 Å². The van der Waals surface area contributed by atoms with E-state index in [4.69, 9.17) is 5.73 Å². The van der Waals surface area contributed by atoms with Gasteiger partial charge in [-0.15, -0.1) is 0 Å². The van der Waals surface area contributed by atoms with Gasteiger partial charge in [0.05, 0.1) is 4.90 Å². The SMILES string of the molecule is Cc1cc(F)ccc1S(=O)(=O)NCC(N)C(C)C. The number of hydrogen-bond acceptors (Lipinski definition) is 3. The minimum Gasteiger partial charge on any atom is -0.326 e. The largest absolute Gasteiger partial charge is 0.326 e. The van der Waals surface area contributed by atoms with E-state index in [1.165, 1.54) is 12.1 Å². The van der Waals surface area contributed by atoms with Crippen molar-refractivity contribution in [3.05, 3.63) is 29.6 Å². The van der Waals surface area contributed by atoms with E-state index in [1.807, 2.05) is 13.8 Å². The minimum absolute atomic E-state index is 0.0832. The highest BCUT2D eigenvalue weighted by Gasteiger charge is 2.18. The molecule has 0 aliphatic carbocycles. The standard InChI is InChI=1S/C12H19FN2O2S/c1-8(2)11(14)7-15-18(16,17)12-5-4-10(13)6-9(12)3/h4-6,8,11,15H,7,14H2,1-3H3. The van der Waals surface area contributed by atoms with E-state index in [1.54, 1.807) is 6.92 Å². The lowest BCUT2D eigenvalue weighted by molar-refractivity contribution is 0.481. The van der Waals surface area contributed by atoms with E-state index in [9.17, 15) is 12.8 Å². The summed E-state index contributed by atoms with van der Waals surface area (Å²) in [5.41, 5.74) is 6.15. The van der Waals surface area contributed by atoms with Crippen LogP contribution in [0.5, 0.6) is 0 Å². The average Bonchev–Trinajstić information content (AvgIpc) is 2.25. The molecule has 1 rings (SSSR count). The van der Waals surface area contributed by atoms with Crippen LogP contribution in [-0.4, -0.2) is 21.0 Å². The van der Waals surface area contributed by atoms with Gasteiger partial charge >= 0.3 is 0 Å². The molecule has 1 aromatic carbocycles. The number of nitrogens with one attached hydrogen (secondary N) is 1. The Morgan fingerprint density at radius 1 is 1.39 bits per heavy atom. The monoisotopic (exact) mass is 274 g/mol. The van der Waals surface area contributed by atoms with Crippen LogP contribution in [0.15, 0.2) is 23.1 Å². The molecule has 0 saturated heterocycles. The number of nitrogens with two attached hydrogens (primary N) is 1. The van der Waals surface area contributed by atoms with Gasteiger partial charge in [0.25, 0.3) is 0 Å². The normalized spacial score (nSPS) is 13.9. The molecule has 0 heterocycles. The van der Waals surface area contributed by atoms with Crippen molar-refractivity contribution in [2.24, 2.45) is 11.7 Å². The number of benzene rings is 1. The van der Waals surface area contributed by atoms with Crippen molar-refractivity contribution in [1.29, 1.82) is 0 Å². The van der Waals surface area contributed by atoms with Crippen molar-refractivity contribution in [2.45, 2.75) is 31.7 Å². The van der Waals surface area contributed by atoms with Crippen molar-refractivity contribution in [3.8, 4) is 0 Å². The molecule has 0 spiro atoms. The summed E-state index contributed by atoms with van der Waals surface area (Å²) in [6, 6.07) is 3.33. The fourth-order valence-electron chi connectivity index (χ4n) is 1.43. The van der Waals surface area contributed by atoms with Gasteiger partial charge in [-0.05, 0) is 36.6 Å². The predicted octanol–water partition coefficient (Wildman–Crippen LogP) is 1.40. The average molecular weight is 274 g/mol. The highest BCUT2D eigenvalue weighted by Crippen LogP contribution is 2.15. The first kappa shape index (κ1) is 15.1. The zero-order chi connectivity index (χ0) is 13.9. The summed E-state index contributed by atoms with van der Waals surface area (Å²) in [7, 11) is -3.63. The molecule has 0 amide bonds. The summed E-state index contributed by atoms with van der Waals surface area (Å²) in [4.78, 5) is 0.0832. The van der Waals surface area contributed by atoms with Gasteiger partial charge in [0.15, 0.2) is 0 Å². The third-order valence-electron chi connectivity index (χ3n) is 2.79. The molecule has 0 saturated carbocycles. The number of rotatable bonds is 5. The highest BCUT2D eigenvalue weighted by atomic mass is 32.2. The van der Waals surface area contributed by atoms with Crippen molar-refractivity contribution in [3.63, 3.8) is 0 Å². The molecule has 0 radical (unpaired) electrons. The molecular weight excluding hydrogens is 255 g/mol. The van der Waals surface area contributed by atoms with Gasteiger partial charge in [0, 0.05) is 12.6 Å². The molecule has 18 heavy (non-hydrogen) atoms. The van der Waals surface area contributed by atoms with E-state index >= 15 is 0 Å². The van der Waals surface area contributed by atoms with Crippen molar-refractivity contribution >= 4 is 10.0 Å². The highest BCUT2D eigenvalue weighted by molar-refractivity contribution is 7.89. The Morgan fingerprint density at radius 3 is 2.50 bits per heavy atom. The van der Waals surface area contributed by atoms with Crippen LogP contribution in [0.3, 0.4) is 0 Å². The van der Waals surface area contributed by atoms with Crippen LogP contribution in [0.25, 0.3) is 0 Å². The fraction of sp³-hybridized carbons (Fsp3) is 0.500. The predicted molar refractivity (Wildman–Crippen MR) is 69.1 cm³/mol. The summed E-state index contributed by atoms with van der Waals surface area (Å²) < 4.78 is 39.4. The maximum absolute atomic E-state index is 12.9. The maximum atomic E-state index is 12.9. The zero-order valence-electron chi connectivity index (χ0n) is 10.8. The summed E-state index contributed by atoms with van der Waals surface area (Å²) in [6.07, 6.45) is 0. The topological polar surface area (TPSA) is 72.2 Å². The van der Waals surface area contributed by atoms with Crippen LogP contribution in [-0.2, 0) is 10.0 Å². The van der Waals surface area contributed by atoms with Crippen LogP contribution < -0.4 is 10.5 Å². The number of sulfonamides is 1. The molecular formula is C12H19FN2O2S. The lowest BCUT2D eigenvalue weighted by Gasteiger charge is -2.16. The van der Waals surface area contributed by atoms with E-state index in [2.05, 4.69) is 4.72 Å².